The van der Waals surface area contributed by atoms with Gasteiger partial charge in [0.25, 0.3) is 0 Å². The largest absolute Gasteiger partial charge is 0.375 e. The number of ether oxygens (including phenoxy) is 1. The SMILES string of the molecule is CC(=O)CC1CCOC2(CC2)C1. The van der Waals surface area contributed by atoms with Gasteiger partial charge in [-0.05, 0) is 38.5 Å². The van der Waals surface area contributed by atoms with E-state index in [9.17, 15) is 4.79 Å². The van der Waals surface area contributed by atoms with Crippen LogP contribution in [0.25, 0.3) is 0 Å². The van der Waals surface area contributed by atoms with Crippen molar-refractivity contribution in [1.82, 2.24) is 0 Å². The summed E-state index contributed by atoms with van der Waals surface area (Å²) in [5, 5.41) is 0. The molecule has 0 N–H and O–H groups in total. The molecule has 0 bridgehead atoms. The predicted molar refractivity (Wildman–Crippen MR) is 45.9 cm³/mol. The standard InChI is InChI=1S/C10H16O2/c1-8(11)6-9-2-5-12-10(7-9)3-4-10/h9H,2-7H2,1H3. The lowest BCUT2D eigenvalue weighted by atomic mass is 9.90. The third-order valence-electron chi connectivity index (χ3n) is 2.98. The number of hydrogen-bond acceptors (Lipinski definition) is 2. The molecule has 1 saturated carbocycles. The molecule has 1 heterocycles. The zero-order valence-corrected chi connectivity index (χ0v) is 7.64. The van der Waals surface area contributed by atoms with E-state index in [2.05, 4.69) is 0 Å². The Kier molecular flexibility index (Phi) is 1.95. The maximum atomic E-state index is 10.9. The van der Waals surface area contributed by atoms with E-state index in [4.69, 9.17) is 4.74 Å². The molecule has 0 aromatic rings. The zero-order valence-electron chi connectivity index (χ0n) is 7.64. The van der Waals surface area contributed by atoms with E-state index >= 15 is 0 Å². The normalized spacial score (nSPS) is 31.9. The van der Waals surface area contributed by atoms with Crippen molar-refractivity contribution >= 4 is 5.78 Å². The van der Waals surface area contributed by atoms with Crippen molar-refractivity contribution in [2.24, 2.45) is 5.92 Å². The molecular weight excluding hydrogens is 152 g/mol. The lowest BCUT2D eigenvalue weighted by molar-refractivity contribution is -0.119. The van der Waals surface area contributed by atoms with E-state index in [0.29, 0.717) is 11.7 Å². The van der Waals surface area contributed by atoms with Crippen LogP contribution in [-0.4, -0.2) is 18.0 Å². The minimum absolute atomic E-state index is 0.234. The molecule has 68 valence electrons. The molecule has 1 spiro atoms. The average molecular weight is 168 g/mol. The molecule has 2 aliphatic rings. The highest BCUT2D eigenvalue weighted by Gasteiger charge is 2.47. The summed E-state index contributed by atoms with van der Waals surface area (Å²) < 4.78 is 5.68. The van der Waals surface area contributed by atoms with Gasteiger partial charge in [-0.25, -0.2) is 0 Å². The summed E-state index contributed by atoms with van der Waals surface area (Å²) in [7, 11) is 0. The number of ketones is 1. The second-order valence-electron chi connectivity index (χ2n) is 4.30. The van der Waals surface area contributed by atoms with Gasteiger partial charge in [0.15, 0.2) is 0 Å². The Hall–Kier alpha value is -0.370. The average Bonchev–Trinajstić information content (AvgIpc) is 2.68. The first kappa shape index (κ1) is 8.24. The second-order valence-corrected chi connectivity index (χ2v) is 4.30. The summed E-state index contributed by atoms with van der Waals surface area (Å²) in [6.45, 7) is 2.56. The van der Waals surface area contributed by atoms with Crippen LogP contribution >= 0.6 is 0 Å². The van der Waals surface area contributed by atoms with Gasteiger partial charge < -0.3 is 9.53 Å². The first-order valence-electron chi connectivity index (χ1n) is 4.84. The molecule has 0 radical (unpaired) electrons. The van der Waals surface area contributed by atoms with E-state index in [1.54, 1.807) is 6.92 Å². The van der Waals surface area contributed by atoms with Crippen molar-refractivity contribution in [2.75, 3.05) is 6.61 Å². The Labute approximate surface area is 73.3 Å². The van der Waals surface area contributed by atoms with Crippen LogP contribution in [0, 0.1) is 5.92 Å². The van der Waals surface area contributed by atoms with Gasteiger partial charge in [0, 0.05) is 13.0 Å². The fraction of sp³-hybridized carbons (Fsp3) is 0.900. The Morgan fingerprint density at radius 3 is 2.92 bits per heavy atom. The van der Waals surface area contributed by atoms with Crippen LogP contribution in [0.5, 0.6) is 0 Å². The van der Waals surface area contributed by atoms with Crippen molar-refractivity contribution in [3.63, 3.8) is 0 Å². The third-order valence-corrected chi connectivity index (χ3v) is 2.98. The molecule has 2 rings (SSSR count). The van der Waals surface area contributed by atoms with Crippen molar-refractivity contribution in [1.29, 1.82) is 0 Å². The fourth-order valence-corrected chi connectivity index (χ4v) is 2.20. The molecule has 0 amide bonds. The summed E-state index contributed by atoms with van der Waals surface area (Å²) >= 11 is 0. The highest BCUT2D eigenvalue weighted by atomic mass is 16.5. The fourth-order valence-electron chi connectivity index (χ4n) is 2.20. The highest BCUT2D eigenvalue weighted by molar-refractivity contribution is 5.75. The Bertz CT molecular complexity index is 194. The van der Waals surface area contributed by atoms with Crippen LogP contribution in [0.4, 0.5) is 0 Å². The molecule has 1 atom stereocenters. The molecule has 1 saturated heterocycles. The maximum absolute atomic E-state index is 10.9. The summed E-state index contributed by atoms with van der Waals surface area (Å²) in [5.41, 5.74) is 0.234. The van der Waals surface area contributed by atoms with Crippen molar-refractivity contribution < 1.29 is 9.53 Å². The van der Waals surface area contributed by atoms with Gasteiger partial charge in [0.1, 0.15) is 5.78 Å². The second kappa shape index (κ2) is 2.84. The Morgan fingerprint density at radius 1 is 1.58 bits per heavy atom. The molecule has 0 aromatic heterocycles. The van der Waals surface area contributed by atoms with E-state index < -0.39 is 0 Å². The van der Waals surface area contributed by atoms with Crippen LogP contribution in [0.2, 0.25) is 0 Å². The molecule has 2 fully saturated rings. The van der Waals surface area contributed by atoms with Gasteiger partial charge in [-0.15, -0.1) is 0 Å². The van der Waals surface area contributed by atoms with Crippen LogP contribution in [-0.2, 0) is 9.53 Å². The van der Waals surface area contributed by atoms with Crippen LogP contribution in [0.15, 0.2) is 0 Å². The van der Waals surface area contributed by atoms with Crippen LogP contribution in [0.3, 0.4) is 0 Å². The van der Waals surface area contributed by atoms with Crippen LogP contribution < -0.4 is 0 Å². The molecule has 2 heteroatoms. The lowest BCUT2D eigenvalue weighted by Crippen LogP contribution is -2.28. The minimum atomic E-state index is 0.234. The van der Waals surface area contributed by atoms with Gasteiger partial charge in [0.2, 0.25) is 0 Å². The molecule has 12 heavy (non-hydrogen) atoms. The Balaban J connectivity index is 1.86. The Morgan fingerprint density at radius 2 is 2.33 bits per heavy atom. The smallest absolute Gasteiger partial charge is 0.130 e. The summed E-state index contributed by atoms with van der Waals surface area (Å²) in [6, 6.07) is 0. The van der Waals surface area contributed by atoms with E-state index in [-0.39, 0.29) is 5.60 Å². The number of Topliss-reactive ketones (excluding diaryl/α,β-unsaturated/α-hetero) is 1. The number of hydrogen-bond donors (Lipinski definition) is 0. The van der Waals surface area contributed by atoms with E-state index in [1.165, 1.54) is 12.8 Å². The number of carbonyl (C=O) groups excluding carboxylic acids is 1. The molecule has 1 unspecified atom stereocenters. The minimum Gasteiger partial charge on any atom is -0.375 e. The first-order chi connectivity index (χ1) is 5.70. The summed E-state index contributed by atoms with van der Waals surface area (Å²) in [6.07, 6.45) is 5.43. The first-order valence-corrected chi connectivity index (χ1v) is 4.84. The highest BCUT2D eigenvalue weighted by Crippen LogP contribution is 2.48. The van der Waals surface area contributed by atoms with E-state index in [1.807, 2.05) is 0 Å². The number of rotatable bonds is 2. The molecule has 1 aliphatic heterocycles. The van der Waals surface area contributed by atoms with Gasteiger partial charge in [-0.3, -0.25) is 0 Å². The monoisotopic (exact) mass is 168 g/mol. The summed E-state index contributed by atoms with van der Waals surface area (Å²) in [5.74, 6) is 0.941. The van der Waals surface area contributed by atoms with Gasteiger partial charge in [-0.1, -0.05) is 0 Å². The van der Waals surface area contributed by atoms with Crippen molar-refractivity contribution in [3.05, 3.63) is 0 Å². The topological polar surface area (TPSA) is 26.3 Å². The maximum Gasteiger partial charge on any atom is 0.130 e. The van der Waals surface area contributed by atoms with Gasteiger partial charge in [0.05, 0.1) is 5.60 Å². The van der Waals surface area contributed by atoms with E-state index in [0.717, 1.165) is 25.9 Å². The zero-order chi connectivity index (χ0) is 8.60. The molecule has 0 aromatic carbocycles. The molecular formula is C10H16O2. The third kappa shape index (κ3) is 1.69. The lowest BCUT2D eigenvalue weighted by Gasteiger charge is -2.28. The van der Waals surface area contributed by atoms with Crippen molar-refractivity contribution in [3.8, 4) is 0 Å². The quantitative estimate of drug-likeness (QED) is 0.629. The molecule has 1 aliphatic carbocycles. The number of carbonyl (C=O) groups is 1. The molecule has 2 nitrogen and oxygen atoms in total. The van der Waals surface area contributed by atoms with Crippen molar-refractivity contribution in [2.45, 2.75) is 44.6 Å². The van der Waals surface area contributed by atoms with Gasteiger partial charge >= 0.3 is 0 Å². The van der Waals surface area contributed by atoms with Gasteiger partial charge in [-0.2, -0.15) is 0 Å². The predicted octanol–water partition coefficient (Wildman–Crippen LogP) is 1.92. The van der Waals surface area contributed by atoms with Crippen LogP contribution in [0.1, 0.15) is 39.0 Å². The summed E-state index contributed by atoms with van der Waals surface area (Å²) in [4.78, 5) is 10.9.